The first-order valence-electron chi connectivity index (χ1n) is 5.95. The van der Waals surface area contributed by atoms with Crippen molar-refractivity contribution in [3.8, 4) is 11.5 Å². The number of amides is 1. The lowest BCUT2D eigenvalue weighted by atomic mass is 10.2. The number of para-hydroxylation sites is 1. The number of carbonyl (C=O) groups excluding carboxylic acids is 1. The van der Waals surface area contributed by atoms with Gasteiger partial charge in [-0.1, -0.05) is 12.1 Å². The van der Waals surface area contributed by atoms with E-state index in [0.29, 0.717) is 5.75 Å². The first-order chi connectivity index (χ1) is 9.79. The van der Waals surface area contributed by atoms with Crippen molar-refractivity contribution in [1.82, 2.24) is 0 Å². The van der Waals surface area contributed by atoms with Crippen LogP contribution in [-0.2, 0) is 9.84 Å². The van der Waals surface area contributed by atoms with E-state index in [1.54, 1.807) is 24.3 Å². The Morgan fingerprint density at radius 3 is 2.43 bits per heavy atom. The maximum atomic E-state index is 11.6. The molecule has 0 aliphatic heterocycles. The number of nitrogens with two attached hydrogens (primary N) is 2. The van der Waals surface area contributed by atoms with Crippen molar-refractivity contribution in [1.29, 1.82) is 0 Å². The molecule has 0 aliphatic carbocycles. The molecule has 2 rings (SSSR count). The fourth-order valence-corrected chi connectivity index (χ4v) is 2.60. The highest BCUT2D eigenvalue weighted by Crippen LogP contribution is 2.32. The molecule has 21 heavy (non-hydrogen) atoms. The minimum atomic E-state index is -3.45. The van der Waals surface area contributed by atoms with Gasteiger partial charge < -0.3 is 16.2 Å². The molecule has 0 spiro atoms. The SMILES string of the molecule is CS(=O)(=O)c1cccc(Oc2cccc(C(N)=O)c2)c1N. The summed E-state index contributed by atoms with van der Waals surface area (Å²) in [5, 5.41) is 0. The average Bonchev–Trinajstić information content (AvgIpc) is 2.40. The van der Waals surface area contributed by atoms with Crippen molar-refractivity contribution in [3.05, 3.63) is 48.0 Å². The van der Waals surface area contributed by atoms with E-state index in [2.05, 4.69) is 0 Å². The minimum absolute atomic E-state index is 0.00828. The van der Waals surface area contributed by atoms with Crippen LogP contribution < -0.4 is 16.2 Å². The van der Waals surface area contributed by atoms with Gasteiger partial charge in [-0.15, -0.1) is 0 Å². The molecule has 0 atom stereocenters. The van der Waals surface area contributed by atoms with Crippen LogP contribution in [0, 0.1) is 0 Å². The predicted octanol–water partition coefficient (Wildman–Crippen LogP) is 1.56. The molecule has 0 saturated heterocycles. The maximum absolute atomic E-state index is 11.6. The molecule has 0 unspecified atom stereocenters. The fraction of sp³-hybridized carbons (Fsp3) is 0.0714. The van der Waals surface area contributed by atoms with Crippen LogP contribution in [0.25, 0.3) is 0 Å². The molecule has 0 radical (unpaired) electrons. The highest BCUT2D eigenvalue weighted by atomic mass is 32.2. The summed E-state index contributed by atoms with van der Waals surface area (Å²) in [4.78, 5) is 11.1. The number of carbonyl (C=O) groups is 1. The van der Waals surface area contributed by atoms with Crippen LogP contribution >= 0.6 is 0 Å². The third-order valence-corrected chi connectivity index (χ3v) is 3.93. The topological polar surface area (TPSA) is 112 Å². The number of hydrogen-bond donors (Lipinski definition) is 2. The van der Waals surface area contributed by atoms with Crippen LogP contribution in [0.2, 0.25) is 0 Å². The first kappa shape index (κ1) is 14.9. The maximum Gasteiger partial charge on any atom is 0.248 e. The zero-order chi connectivity index (χ0) is 15.6. The fourth-order valence-electron chi connectivity index (χ4n) is 1.78. The zero-order valence-corrected chi connectivity index (χ0v) is 12.1. The number of rotatable bonds is 4. The third-order valence-electron chi connectivity index (χ3n) is 2.77. The van der Waals surface area contributed by atoms with Crippen LogP contribution in [0.4, 0.5) is 5.69 Å². The van der Waals surface area contributed by atoms with Crippen LogP contribution in [0.15, 0.2) is 47.4 Å². The van der Waals surface area contributed by atoms with Gasteiger partial charge in [0.2, 0.25) is 5.91 Å². The molecule has 7 heteroatoms. The van der Waals surface area contributed by atoms with Gasteiger partial charge >= 0.3 is 0 Å². The molecule has 0 aromatic heterocycles. The Bertz CT molecular complexity index is 800. The molecule has 2 aromatic rings. The number of hydrogen-bond acceptors (Lipinski definition) is 5. The molecule has 1 amide bonds. The Hall–Kier alpha value is -2.54. The van der Waals surface area contributed by atoms with E-state index in [1.807, 2.05) is 0 Å². The molecule has 6 nitrogen and oxygen atoms in total. The van der Waals surface area contributed by atoms with Crippen LogP contribution in [0.1, 0.15) is 10.4 Å². The average molecular weight is 306 g/mol. The molecular formula is C14H14N2O4S. The van der Waals surface area contributed by atoms with E-state index in [9.17, 15) is 13.2 Å². The van der Waals surface area contributed by atoms with Crippen molar-refractivity contribution in [2.24, 2.45) is 5.73 Å². The molecular weight excluding hydrogens is 292 g/mol. The van der Waals surface area contributed by atoms with Crippen molar-refractivity contribution in [2.45, 2.75) is 4.90 Å². The monoisotopic (exact) mass is 306 g/mol. The number of sulfone groups is 1. The second-order valence-corrected chi connectivity index (χ2v) is 6.42. The normalized spacial score (nSPS) is 11.1. The zero-order valence-electron chi connectivity index (χ0n) is 11.2. The highest BCUT2D eigenvalue weighted by Gasteiger charge is 2.15. The smallest absolute Gasteiger partial charge is 0.248 e. The van der Waals surface area contributed by atoms with E-state index in [0.717, 1.165) is 6.26 Å². The standard InChI is InChI=1S/C14H14N2O4S/c1-21(18,19)12-7-3-6-11(13(12)15)20-10-5-2-4-9(8-10)14(16)17/h2-8H,15H2,1H3,(H2,16,17). The summed E-state index contributed by atoms with van der Waals surface area (Å²) >= 11 is 0. The van der Waals surface area contributed by atoms with Crippen molar-refractivity contribution in [2.75, 3.05) is 12.0 Å². The summed E-state index contributed by atoms with van der Waals surface area (Å²) in [5.74, 6) is -0.0542. The van der Waals surface area contributed by atoms with Gasteiger partial charge in [-0.2, -0.15) is 0 Å². The number of anilines is 1. The number of ether oxygens (including phenoxy) is 1. The van der Waals surface area contributed by atoms with E-state index in [4.69, 9.17) is 16.2 Å². The first-order valence-corrected chi connectivity index (χ1v) is 7.84. The molecule has 0 heterocycles. The molecule has 2 aromatic carbocycles. The summed E-state index contributed by atoms with van der Waals surface area (Å²) in [6.45, 7) is 0. The number of benzene rings is 2. The van der Waals surface area contributed by atoms with Gasteiger partial charge in [0.15, 0.2) is 15.6 Å². The summed E-state index contributed by atoms with van der Waals surface area (Å²) in [5.41, 5.74) is 11.3. The molecule has 0 saturated carbocycles. The van der Waals surface area contributed by atoms with Crippen molar-refractivity contribution < 1.29 is 17.9 Å². The van der Waals surface area contributed by atoms with Crippen LogP contribution in [0.3, 0.4) is 0 Å². The van der Waals surface area contributed by atoms with Crippen LogP contribution in [0.5, 0.6) is 11.5 Å². The Morgan fingerprint density at radius 2 is 1.81 bits per heavy atom. The van der Waals surface area contributed by atoms with E-state index in [1.165, 1.54) is 18.2 Å². The molecule has 0 fully saturated rings. The van der Waals surface area contributed by atoms with E-state index < -0.39 is 15.7 Å². The molecule has 0 aliphatic rings. The van der Waals surface area contributed by atoms with Gasteiger partial charge in [-0.25, -0.2) is 8.42 Å². The predicted molar refractivity (Wildman–Crippen MR) is 79.0 cm³/mol. The van der Waals surface area contributed by atoms with Crippen molar-refractivity contribution >= 4 is 21.4 Å². The lowest BCUT2D eigenvalue weighted by molar-refractivity contribution is 0.1000. The van der Waals surface area contributed by atoms with Crippen LogP contribution in [-0.4, -0.2) is 20.6 Å². The lowest BCUT2D eigenvalue weighted by Gasteiger charge is -2.11. The third kappa shape index (κ3) is 3.32. The van der Waals surface area contributed by atoms with Gasteiger partial charge in [0.25, 0.3) is 0 Å². The highest BCUT2D eigenvalue weighted by molar-refractivity contribution is 7.90. The largest absolute Gasteiger partial charge is 0.455 e. The quantitative estimate of drug-likeness (QED) is 0.832. The Labute approximate surface area is 122 Å². The molecule has 0 bridgehead atoms. The summed E-state index contributed by atoms with van der Waals surface area (Å²) in [7, 11) is -3.45. The van der Waals surface area contributed by atoms with Gasteiger partial charge in [0.05, 0.1) is 10.6 Å². The van der Waals surface area contributed by atoms with E-state index >= 15 is 0 Å². The lowest BCUT2D eigenvalue weighted by Crippen LogP contribution is -2.10. The van der Waals surface area contributed by atoms with Gasteiger partial charge in [0, 0.05) is 11.8 Å². The second-order valence-electron chi connectivity index (χ2n) is 4.43. The number of nitrogen functional groups attached to an aromatic ring is 1. The van der Waals surface area contributed by atoms with Gasteiger partial charge in [-0.3, -0.25) is 4.79 Å². The molecule has 110 valence electrons. The Morgan fingerprint density at radius 1 is 1.14 bits per heavy atom. The minimum Gasteiger partial charge on any atom is -0.455 e. The van der Waals surface area contributed by atoms with Gasteiger partial charge in [0.1, 0.15) is 5.75 Å². The Balaban J connectivity index is 2.41. The summed E-state index contributed by atoms with van der Waals surface area (Å²) < 4.78 is 28.7. The summed E-state index contributed by atoms with van der Waals surface area (Å²) in [6.07, 6.45) is 1.07. The number of primary amides is 1. The Kier molecular flexibility index (Phi) is 3.86. The van der Waals surface area contributed by atoms with Crippen molar-refractivity contribution in [3.63, 3.8) is 0 Å². The van der Waals surface area contributed by atoms with E-state index in [-0.39, 0.29) is 21.9 Å². The summed E-state index contributed by atoms with van der Waals surface area (Å²) in [6, 6.07) is 10.7. The molecule has 4 N–H and O–H groups in total. The second kappa shape index (κ2) is 5.45. The van der Waals surface area contributed by atoms with Gasteiger partial charge in [-0.05, 0) is 30.3 Å².